The minimum Gasteiger partial charge on any atom is -0.309 e. The average molecular weight is 175 g/mol. The summed E-state index contributed by atoms with van der Waals surface area (Å²) < 4.78 is 0. The van der Waals surface area contributed by atoms with Crippen molar-refractivity contribution >= 4 is 0 Å². The number of nitrogens with one attached hydrogen (secondary N) is 1. The summed E-state index contributed by atoms with van der Waals surface area (Å²) in [6, 6.07) is 4.73. The summed E-state index contributed by atoms with van der Waals surface area (Å²) in [5, 5.41) is 3.38. The van der Waals surface area contributed by atoms with E-state index in [0.717, 1.165) is 13.1 Å². The molecule has 0 spiro atoms. The summed E-state index contributed by atoms with van der Waals surface area (Å²) in [5.74, 6) is 0. The van der Waals surface area contributed by atoms with E-state index >= 15 is 0 Å². The van der Waals surface area contributed by atoms with Crippen molar-refractivity contribution < 1.29 is 0 Å². The second-order valence-electron chi connectivity index (χ2n) is 3.90. The predicted molar refractivity (Wildman–Crippen MR) is 55.7 cm³/mol. The molecule has 0 radical (unpaired) electrons. The molecule has 1 aliphatic rings. The Labute approximate surface area is 80.2 Å². The summed E-state index contributed by atoms with van der Waals surface area (Å²) in [6.45, 7) is 6.59. The van der Waals surface area contributed by atoms with Gasteiger partial charge in [-0.1, -0.05) is 25.5 Å². The second-order valence-corrected chi connectivity index (χ2v) is 3.90. The fourth-order valence-corrected chi connectivity index (χ4v) is 2.06. The number of rotatable bonds is 2. The Morgan fingerprint density at radius 1 is 1.23 bits per heavy atom. The van der Waals surface area contributed by atoms with E-state index in [9.17, 15) is 0 Å². The molecule has 0 fully saturated rings. The van der Waals surface area contributed by atoms with Crippen LogP contribution < -0.4 is 5.32 Å². The van der Waals surface area contributed by atoms with Crippen molar-refractivity contribution in [1.82, 2.24) is 5.32 Å². The lowest BCUT2D eigenvalue weighted by Crippen LogP contribution is -1.99. The number of aryl methyl sites for hydroxylation is 2. The van der Waals surface area contributed by atoms with Crippen LogP contribution in [-0.4, -0.2) is 0 Å². The maximum atomic E-state index is 3.38. The molecule has 1 nitrogen and oxygen atoms in total. The minimum absolute atomic E-state index is 1.06. The Morgan fingerprint density at radius 2 is 1.92 bits per heavy atom. The van der Waals surface area contributed by atoms with E-state index in [1.165, 1.54) is 35.1 Å². The van der Waals surface area contributed by atoms with Crippen LogP contribution in [-0.2, 0) is 19.5 Å². The zero-order valence-electron chi connectivity index (χ0n) is 8.48. The predicted octanol–water partition coefficient (Wildman–Crippen LogP) is 2.55. The molecule has 1 aliphatic heterocycles. The Balaban J connectivity index is 2.37. The van der Waals surface area contributed by atoms with Gasteiger partial charge >= 0.3 is 0 Å². The molecule has 1 heterocycles. The van der Waals surface area contributed by atoms with Crippen LogP contribution in [0.2, 0.25) is 0 Å². The third-order valence-corrected chi connectivity index (χ3v) is 2.81. The lowest BCUT2D eigenvalue weighted by molar-refractivity contribution is 0.764. The monoisotopic (exact) mass is 175 g/mol. The van der Waals surface area contributed by atoms with Gasteiger partial charge in [-0.2, -0.15) is 0 Å². The van der Waals surface area contributed by atoms with Gasteiger partial charge in [-0.15, -0.1) is 0 Å². The van der Waals surface area contributed by atoms with Crippen molar-refractivity contribution in [2.75, 3.05) is 0 Å². The molecule has 0 aliphatic carbocycles. The number of benzene rings is 1. The topological polar surface area (TPSA) is 12.0 Å². The van der Waals surface area contributed by atoms with Crippen LogP contribution in [0, 0.1) is 6.92 Å². The van der Waals surface area contributed by atoms with E-state index < -0.39 is 0 Å². The highest BCUT2D eigenvalue weighted by atomic mass is 14.9. The lowest BCUT2D eigenvalue weighted by Gasteiger charge is -2.07. The molecular weight excluding hydrogens is 158 g/mol. The molecule has 1 heteroatoms. The number of fused-ring (bicyclic) bond motifs is 1. The van der Waals surface area contributed by atoms with E-state index in [2.05, 4.69) is 31.3 Å². The third-order valence-electron chi connectivity index (χ3n) is 2.81. The van der Waals surface area contributed by atoms with Crippen molar-refractivity contribution in [3.05, 3.63) is 34.4 Å². The van der Waals surface area contributed by atoms with E-state index in [1.54, 1.807) is 0 Å². The van der Waals surface area contributed by atoms with Crippen molar-refractivity contribution in [2.45, 2.75) is 39.8 Å². The number of hydrogen-bond donors (Lipinski definition) is 1. The first-order valence-electron chi connectivity index (χ1n) is 5.13. The van der Waals surface area contributed by atoms with Gasteiger partial charge < -0.3 is 5.32 Å². The largest absolute Gasteiger partial charge is 0.309 e. The molecule has 0 bridgehead atoms. The van der Waals surface area contributed by atoms with Gasteiger partial charge in [-0.05, 0) is 35.6 Å². The van der Waals surface area contributed by atoms with Crippen LogP contribution in [0.5, 0.6) is 0 Å². The van der Waals surface area contributed by atoms with Crippen LogP contribution in [0.15, 0.2) is 12.1 Å². The van der Waals surface area contributed by atoms with Gasteiger partial charge in [-0.25, -0.2) is 0 Å². The van der Waals surface area contributed by atoms with Crippen LogP contribution in [0.1, 0.15) is 35.6 Å². The van der Waals surface area contributed by atoms with Gasteiger partial charge in [-0.3, -0.25) is 0 Å². The van der Waals surface area contributed by atoms with Crippen LogP contribution in [0.25, 0.3) is 0 Å². The van der Waals surface area contributed by atoms with Crippen LogP contribution in [0.3, 0.4) is 0 Å². The summed E-state index contributed by atoms with van der Waals surface area (Å²) in [5.41, 5.74) is 6.00. The normalized spacial score (nSPS) is 14.6. The minimum atomic E-state index is 1.06. The highest BCUT2D eigenvalue weighted by molar-refractivity contribution is 5.39. The van der Waals surface area contributed by atoms with E-state index in [4.69, 9.17) is 0 Å². The molecule has 70 valence electrons. The molecule has 0 atom stereocenters. The molecule has 13 heavy (non-hydrogen) atoms. The second kappa shape index (κ2) is 3.51. The molecule has 0 unspecified atom stereocenters. The summed E-state index contributed by atoms with van der Waals surface area (Å²) in [4.78, 5) is 0. The van der Waals surface area contributed by atoms with Crippen molar-refractivity contribution in [3.63, 3.8) is 0 Å². The molecule has 2 rings (SSSR count). The lowest BCUT2D eigenvalue weighted by atomic mass is 9.98. The maximum Gasteiger partial charge on any atom is 0.0212 e. The van der Waals surface area contributed by atoms with E-state index in [0.29, 0.717) is 0 Å². The maximum absolute atomic E-state index is 3.38. The molecule has 0 saturated heterocycles. The Hall–Kier alpha value is -0.820. The van der Waals surface area contributed by atoms with Crippen molar-refractivity contribution in [2.24, 2.45) is 0 Å². The zero-order chi connectivity index (χ0) is 9.26. The SMILES string of the molecule is CCCc1cc2c(cc1C)CNC2. The van der Waals surface area contributed by atoms with Gasteiger partial charge in [0.15, 0.2) is 0 Å². The smallest absolute Gasteiger partial charge is 0.0212 e. The van der Waals surface area contributed by atoms with Gasteiger partial charge in [0.05, 0.1) is 0 Å². The van der Waals surface area contributed by atoms with Crippen molar-refractivity contribution in [3.8, 4) is 0 Å². The number of hydrogen-bond acceptors (Lipinski definition) is 1. The highest BCUT2D eigenvalue weighted by Gasteiger charge is 2.11. The Kier molecular flexibility index (Phi) is 2.36. The molecular formula is C12H17N. The third kappa shape index (κ3) is 1.61. The van der Waals surface area contributed by atoms with Gasteiger partial charge in [0.2, 0.25) is 0 Å². The average Bonchev–Trinajstić information content (AvgIpc) is 2.52. The molecule has 1 aromatic carbocycles. The fourth-order valence-electron chi connectivity index (χ4n) is 2.06. The van der Waals surface area contributed by atoms with Crippen molar-refractivity contribution in [1.29, 1.82) is 0 Å². The first kappa shape index (κ1) is 8.76. The Bertz CT molecular complexity index is 315. The molecule has 1 aromatic rings. The molecule has 0 amide bonds. The van der Waals surface area contributed by atoms with Crippen LogP contribution >= 0.6 is 0 Å². The molecule has 0 saturated carbocycles. The van der Waals surface area contributed by atoms with Gasteiger partial charge in [0.1, 0.15) is 0 Å². The molecule has 0 aromatic heterocycles. The highest BCUT2D eigenvalue weighted by Crippen LogP contribution is 2.21. The first-order chi connectivity index (χ1) is 6.31. The standard InChI is InChI=1S/C12H17N/c1-3-4-10-6-12-8-13-7-11(12)5-9(10)2/h5-6,13H,3-4,7-8H2,1-2H3. The zero-order valence-corrected chi connectivity index (χ0v) is 8.48. The quantitative estimate of drug-likeness (QED) is 0.728. The fraction of sp³-hybridized carbons (Fsp3) is 0.500. The summed E-state index contributed by atoms with van der Waals surface area (Å²) in [7, 11) is 0. The summed E-state index contributed by atoms with van der Waals surface area (Å²) in [6.07, 6.45) is 2.46. The van der Waals surface area contributed by atoms with Crippen LogP contribution in [0.4, 0.5) is 0 Å². The van der Waals surface area contributed by atoms with E-state index in [1.807, 2.05) is 0 Å². The van der Waals surface area contributed by atoms with Gasteiger partial charge in [0, 0.05) is 13.1 Å². The van der Waals surface area contributed by atoms with Gasteiger partial charge in [0.25, 0.3) is 0 Å². The molecule has 1 N–H and O–H groups in total. The Morgan fingerprint density at radius 3 is 2.62 bits per heavy atom. The first-order valence-corrected chi connectivity index (χ1v) is 5.13. The van der Waals surface area contributed by atoms with E-state index in [-0.39, 0.29) is 0 Å². The summed E-state index contributed by atoms with van der Waals surface area (Å²) >= 11 is 0.